The second kappa shape index (κ2) is 9.10. The molecule has 140 valence electrons. The summed E-state index contributed by atoms with van der Waals surface area (Å²) in [6.45, 7) is 1.94. The van der Waals surface area contributed by atoms with Gasteiger partial charge in [-0.15, -0.1) is 0 Å². The summed E-state index contributed by atoms with van der Waals surface area (Å²) in [6, 6.07) is 15.5. The number of hydrogen-bond donors (Lipinski definition) is 2. The number of amides is 1. The van der Waals surface area contributed by atoms with Gasteiger partial charge in [-0.3, -0.25) is 4.79 Å². The second-order valence-electron chi connectivity index (χ2n) is 5.93. The molecule has 3 rings (SSSR count). The van der Waals surface area contributed by atoms with Gasteiger partial charge in [-0.2, -0.15) is 0 Å². The molecule has 0 fully saturated rings. The fraction of sp³-hybridized carbons (Fsp3) is 0.200. The van der Waals surface area contributed by atoms with Crippen LogP contribution < -0.4 is 10.1 Å². The molecule has 0 aliphatic rings. The normalized spacial score (nSPS) is 11.8. The first-order valence-corrected chi connectivity index (χ1v) is 10.2. The Bertz CT molecular complexity index is 912. The van der Waals surface area contributed by atoms with Gasteiger partial charge in [0, 0.05) is 10.0 Å². The van der Waals surface area contributed by atoms with Gasteiger partial charge < -0.3 is 15.0 Å². The Balaban J connectivity index is 1.56. The van der Waals surface area contributed by atoms with Crippen LogP contribution in [0.5, 0.6) is 5.75 Å². The molecule has 2 N–H and O–H groups in total. The SMILES string of the molecule is COc1ccccc1[C@H](C)NC(=O)CSc1ncc(-c2ccc(Br)cc2)[nH]1. The van der Waals surface area contributed by atoms with Gasteiger partial charge in [-0.05, 0) is 30.7 Å². The average Bonchev–Trinajstić information content (AvgIpc) is 3.16. The fourth-order valence-corrected chi connectivity index (χ4v) is 3.60. The maximum atomic E-state index is 12.3. The number of thioether (sulfide) groups is 1. The Hall–Kier alpha value is -2.25. The van der Waals surface area contributed by atoms with Gasteiger partial charge in [0.1, 0.15) is 5.75 Å². The summed E-state index contributed by atoms with van der Waals surface area (Å²) < 4.78 is 6.38. The minimum atomic E-state index is -0.135. The molecule has 0 aliphatic carbocycles. The van der Waals surface area contributed by atoms with Crippen LogP contribution in [0.15, 0.2) is 64.4 Å². The van der Waals surface area contributed by atoms with Crippen molar-refractivity contribution in [3.8, 4) is 17.0 Å². The third kappa shape index (κ3) is 5.14. The number of nitrogens with one attached hydrogen (secondary N) is 2. The lowest BCUT2D eigenvalue weighted by Crippen LogP contribution is -2.28. The molecule has 1 aromatic heterocycles. The van der Waals surface area contributed by atoms with Crippen LogP contribution in [-0.4, -0.2) is 28.7 Å². The van der Waals surface area contributed by atoms with E-state index in [1.165, 1.54) is 11.8 Å². The Kier molecular flexibility index (Phi) is 6.58. The van der Waals surface area contributed by atoms with Crippen molar-refractivity contribution in [2.45, 2.75) is 18.1 Å². The number of H-pyrrole nitrogens is 1. The molecule has 0 saturated heterocycles. The number of imidazole rings is 1. The van der Waals surface area contributed by atoms with E-state index in [-0.39, 0.29) is 17.7 Å². The molecule has 0 radical (unpaired) electrons. The lowest BCUT2D eigenvalue weighted by atomic mass is 10.1. The Morgan fingerprint density at radius 3 is 2.74 bits per heavy atom. The number of carbonyl (C=O) groups is 1. The van der Waals surface area contributed by atoms with Crippen LogP contribution in [0.3, 0.4) is 0 Å². The Morgan fingerprint density at radius 1 is 1.26 bits per heavy atom. The largest absolute Gasteiger partial charge is 0.496 e. The fourth-order valence-electron chi connectivity index (χ4n) is 2.67. The third-order valence-electron chi connectivity index (χ3n) is 4.03. The molecule has 5 nitrogen and oxygen atoms in total. The molecule has 1 heterocycles. The highest BCUT2D eigenvalue weighted by molar-refractivity contribution is 9.10. The van der Waals surface area contributed by atoms with Crippen LogP contribution in [0, 0.1) is 0 Å². The molecule has 3 aromatic rings. The molecule has 0 bridgehead atoms. The molecule has 27 heavy (non-hydrogen) atoms. The summed E-state index contributed by atoms with van der Waals surface area (Å²) >= 11 is 4.80. The third-order valence-corrected chi connectivity index (χ3v) is 5.45. The van der Waals surface area contributed by atoms with Crippen molar-refractivity contribution >= 4 is 33.6 Å². The predicted molar refractivity (Wildman–Crippen MR) is 112 cm³/mol. The summed E-state index contributed by atoms with van der Waals surface area (Å²) in [5.74, 6) is 0.996. The number of ether oxygens (including phenoxy) is 1. The van der Waals surface area contributed by atoms with E-state index < -0.39 is 0 Å². The summed E-state index contributed by atoms with van der Waals surface area (Å²) in [6.07, 6.45) is 1.78. The van der Waals surface area contributed by atoms with Crippen molar-refractivity contribution < 1.29 is 9.53 Å². The smallest absolute Gasteiger partial charge is 0.230 e. The van der Waals surface area contributed by atoms with Gasteiger partial charge in [0.2, 0.25) is 5.91 Å². The number of nitrogens with zero attached hydrogens (tertiary/aromatic N) is 1. The van der Waals surface area contributed by atoms with Crippen LogP contribution in [0.4, 0.5) is 0 Å². The highest BCUT2D eigenvalue weighted by atomic mass is 79.9. The van der Waals surface area contributed by atoms with Crippen molar-refractivity contribution in [1.82, 2.24) is 15.3 Å². The maximum Gasteiger partial charge on any atom is 0.230 e. The van der Waals surface area contributed by atoms with Gasteiger partial charge >= 0.3 is 0 Å². The summed E-state index contributed by atoms with van der Waals surface area (Å²) in [5.41, 5.74) is 2.92. The topological polar surface area (TPSA) is 67.0 Å². The Morgan fingerprint density at radius 2 is 2.00 bits per heavy atom. The molecular weight excluding hydrogens is 426 g/mol. The molecule has 2 aromatic carbocycles. The van der Waals surface area contributed by atoms with Crippen LogP contribution >= 0.6 is 27.7 Å². The molecule has 0 unspecified atom stereocenters. The van der Waals surface area contributed by atoms with E-state index in [0.717, 1.165) is 27.0 Å². The van der Waals surface area contributed by atoms with Crippen molar-refractivity contribution in [3.63, 3.8) is 0 Å². The molecule has 0 spiro atoms. The number of aromatic amines is 1. The zero-order valence-corrected chi connectivity index (χ0v) is 17.4. The number of carbonyl (C=O) groups excluding carboxylic acids is 1. The average molecular weight is 446 g/mol. The van der Waals surface area contributed by atoms with E-state index >= 15 is 0 Å². The molecule has 0 aliphatic heterocycles. The zero-order chi connectivity index (χ0) is 19.2. The van der Waals surface area contributed by atoms with E-state index in [2.05, 4.69) is 31.2 Å². The van der Waals surface area contributed by atoms with Crippen molar-refractivity contribution in [2.75, 3.05) is 12.9 Å². The standard InChI is InChI=1S/C20H20BrN3O2S/c1-13(16-5-3-4-6-18(16)26-2)23-19(25)12-27-20-22-11-17(24-20)14-7-9-15(21)10-8-14/h3-11,13H,12H2,1-2H3,(H,22,24)(H,23,25)/t13-/m0/s1. The Labute approximate surface area is 171 Å². The lowest BCUT2D eigenvalue weighted by molar-refractivity contribution is -0.119. The highest BCUT2D eigenvalue weighted by Gasteiger charge is 2.14. The van der Waals surface area contributed by atoms with E-state index in [9.17, 15) is 4.79 Å². The van der Waals surface area contributed by atoms with Gasteiger partial charge in [-0.25, -0.2) is 4.98 Å². The number of methoxy groups -OCH3 is 1. The molecular formula is C20H20BrN3O2S. The molecule has 1 atom stereocenters. The monoisotopic (exact) mass is 445 g/mol. The van der Waals surface area contributed by atoms with Crippen LogP contribution in [-0.2, 0) is 4.79 Å². The van der Waals surface area contributed by atoms with Crippen molar-refractivity contribution in [3.05, 3.63) is 64.8 Å². The van der Waals surface area contributed by atoms with Crippen molar-refractivity contribution in [2.24, 2.45) is 0 Å². The zero-order valence-electron chi connectivity index (χ0n) is 15.0. The van der Waals surface area contributed by atoms with Gasteiger partial charge in [-0.1, -0.05) is 58.0 Å². The summed E-state index contributed by atoms with van der Waals surface area (Å²) in [7, 11) is 1.63. The van der Waals surface area contributed by atoms with Crippen LogP contribution in [0.2, 0.25) is 0 Å². The second-order valence-corrected chi connectivity index (χ2v) is 7.81. The number of aromatic nitrogens is 2. The number of para-hydroxylation sites is 1. The number of rotatable bonds is 7. The van der Waals surface area contributed by atoms with Crippen LogP contribution in [0.25, 0.3) is 11.3 Å². The predicted octanol–water partition coefficient (Wildman–Crippen LogP) is 4.82. The molecule has 1 amide bonds. The number of hydrogen-bond acceptors (Lipinski definition) is 4. The van der Waals surface area contributed by atoms with E-state index in [1.54, 1.807) is 13.3 Å². The minimum Gasteiger partial charge on any atom is -0.496 e. The number of benzene rings is 2. The summed E-state index contributed by atoms with van der Waals surface area (Å²) in [5, 5.41) is 3.71. The quantitative estimate of drug-likeness (QED) is 0.511. The van der Waals surface area contributed by atoms with E-state index in [0.29, 0.717) is 5.16 Å². The van der Waals surface area contributed by atoms with Gasteiger partial charge in [0.05, 0.1) is 30.8 Å². The first-order chi connectivity index (χ1) is 13.1. The lowest BCUT2D eigenvalue weighted by Gasteiger charge is -2.17. The van der Waals surface area contributed by atoms with E-state index in [4.69, 9.17) is 4.74 Å². The number of halogens is 1. The molecule has 7 heteroatoms. The van der Waals surface area contributed by atoms with E-state index in [1.807, 2.05) is 55.5 Å². The summed E-state index contributed by atoms with van der Waals surface area (Å²) in [4.78, 5) is 19.9. The maximum absolute atomic E-state index is 12.3. The van der Waals surface area contributed by atoms with Gasteiger partial charge in [0.25, 0.3) is 0 Å². The minimum absolute atomic E-state index is 0.0556. The first kappa shape index (κ1) is 19.5. The van der Waals surface area contributed by atoms with Crippen LogP contribution in [0.1, 0.15) is 18.5 Å². The first-order valence-electron chi connectivity index (χ1n) is 8.43. The highest BCUT2D eigenvalue weighted by Crippen LogP contribution is 2.25. The van der Waals surface area contributed by atoms with Crippen molar-refractivity contribution in [1.29, 1.82) is 0 Å². The van der Waals surface area contributed by atoms with Gasteiger partial charge in [0.15, 0.2) is 5.16 Å². The molecule has 0 saturated carbocycles.